The molecule has 1 aromatic carbocycles. The van der Waals surface area contributed by atoms with Crippen LogP contribution in [0.2, 0.25) is 5.02 Å². The van der Waals surface area contributed by atoms with E-state index in [9.17, 15) is 8.78 Å². The van der Waals surface area contributed by atoms with Gasteiger partial charge >= 0.3 is 0 Å². The Morgan fingerprint density at radius 2 is 1.94 bits per heavy atom. The van der Waals surface area contributed by atoms with Crippen molar-refractivity contribution in [3.8, 4) is 0 Å². The molecule has 0 saturated carbocycles. The van der Waals surface area contributed by atoms with E-state index in [1.807, 2.05) is 0 Å². The summed E-state index contributed by atoms with van der Waals surface area (Å²) in [5.41, 5.74) is 1.33. The van der Waals surface area contributed by atoms with E-state index >= 15 is 0 Å². The standard InChI is InChI=1S/C13H9Cl2F2N/c14-10(5-9-3-4-18-7-11(9)15)8-1-2-12(16)13(17)6-8/h1-4,6-7,10H,5H2. The third-order valence-electron chi connectivity index (χ3n) is 2.56. The van der Waals surface area contributed by atoms with Crippen LogP contribution >= 0.6 is 23.2 Å². The van der Waals surface area contributed by atoms with Crippen LogP contribution < -0.4 is 0 Å². The van der Waals surface area contributed by atoms with Crippen LogP contribution in [0.25, 0.3) is 0 Å². The summed E-state index contributed by atoms with van der Waals surface area (Å²) in [5, 5.41) is 0.0331. The van der Waals surface area contributed by atoms with E-state index in [0.717, 1.165) is 17.7 Å². The van der Waals surface area contributed by atoms with E-state index in [0.29, 0.717) is 17.0 Å². The first-order valence-electron chi connectivity index (χ1n) is 5.25. The number of benzene rings is 1. The first kappa shape index (κ1) is 13.2. The molecule has 0 amide bonds. The van der Waals surface area contributed by atoms with Gasteiger partial charge in [-0.1, -0.05) is 17.7 Å². The molecule has 0 bridgehead atoms. The molecule has 0 fully saturated rings. The largest absolute Gasteiger partial charge is 0.263 e. The molecule has 1 heterocycles. The van der Waals surface area contributed by atoms with Gasteiger partial charge < -0.3 is 0 Å². The Hall–Kier alpha value is -1.19. The minimum Gasteiger partial charge on any atom is -0.263 e. The van der Waals surface area contributed by atoms with Gasteiger partial charge in [-0.05, 0) is 35.7 Å². The summed E-state index contributed by atoms with van der Waals surface area (Å²) < 4.78 is 25.9. The third-order valence-corrected chi connectivity index (χ3v) is 3.31. The highest BCUT2D eigenvalue weighted by Crippen LogP contribution is 2.28. The summed E-state index contributed by atoms with van der Waals surface area (Å²) in [5.74, 6) is -1.79. The van der Waals surface area contributed by atoms with Crippen LogP contribution in [0.5, 0.6) is 0 Å². The molecule has 1 aromatic heterocycles. The third kappa shape index (κ3) is 2.98. The van der Waals surface area contributed by atoms with E-state index in [2.05, 4.69) is 4.98 Å². The zero-order valence-electron chi connectivity index (χ0n) is 9.21. The molecule has 2 aromatic rings. The van der Waals surface area contributed by atoms with Crippen molar-refractivity contribution in [3.05, 3.63) is 64.4 Å². The van der Waals surface area contributed by atoms with Crippen molar-refractivity contribution in [2.75, 3.05) is 0 Å². The van der Waals surface area contributed by atoms with Crippen LogP contribution in [0.1, 0.15) is 16.5 Å². The number of hydrogen-bond acceptors (Lipinski definition) is 1. The second-order valence-corrected chi connectivity index (χ2v) is 4.75. The topological polar surface area (TPSA) is 12.9 Å². The molecular weight excluding hydrogens is 279 g/mol. The maximum Gasteiger partial charge on any atom is 0.159 e. The fourth-order valence-corrected chi connectivity index (χ4v) is 2.09. The molecule has 0 radical (unpaired) electrons. The highest BCUT2D eigenvalue weighted by molar-refractivity contribution is 6.31. The maximum absolute atomic E-state index is 13.1. The van der Waals surface area contributed by atoms with Crippen molar-refractivity contribution in [2.45, 2.75) is 11.8 Å². The molecule has 2 rings (SSSR count). The monoisotopic (exact) mass is 287 g/mol. The maximum atomic E-state index is 13.1. The van der Waals surface area contributed by atoms with Crippen LogP contribution in [-0.4, -0.2) is 4.98 Å². The van der Waals surface area contributed by atoms with E-state index < -0.39 is 17.0 Å². The van der Waals surface area contributed by atoms with Crippen molar-refractivity contribution in [3.63, 3.8) is 0 Å². The molecule has 0 aliphatic rings. The Kier molecular flexibility index (Phi) is 4.15. The molecule has 18 heavy (non-hydrogen) atoms. The number of pyridine rings is 1. The zero-order chi connectivity index (χ0) is 13.1. The van der Waals surface area contributed by atoms with Gasteiger partial charge in [0.15, 0.2) is 11.6 Å². The molecule has 0 aliphatic heterocycles. The van der Waals surface area contributed by atoms with Crippen LogP contribution in [0.3, 0.4) is 0 Å². The lowest BCUT2D eigenvalue weighted by atomic mass is 10.0. The molecule has 0 spiro atoms. The Morgan fingerprint density at radius 3 is 2.61 bits per heavy atom. The van der Waals surface area contributed by atoms with Crippen molar-refractivity contribution >= 4 is 23.2 Å². The number of aromatic nitrogens is 1. The van der Waals surface area contributed by atoms with Crippen LogP contribution in [0.15, 0.2) is 36.7 Å². The molecule has 1 atom stereocenters. The average molecular weight is 288 g/mol. The van der Waals surface area contributed by atoms with Crippen LogP contribution in [0.4, 0.5) is 8.78 Å². The minimum absolute atomic E-state index is 0.425. The van der Waals surface area contributed by atoms with E-state index in [1.165, 1.54) is 12.3 Å². The summed E-state index contributed by atoms with van der Waals surface area (Å²) in [4.78, 5) is 3.87. The average Bonchev–Trinajstić information content (AvgIpc) is 2.35. The molecule has 0 saturated heterocycles. The summed E-state index contributed by atoms with van der Waals surface area (Å²) in [6.45, 7) is 0. The van der Waals surface area contributed by atoms with Gasteiger partial charge in [0.25, 0.3) is 0 Å². The highest BCUT2D eigenvalue weighted by atomic mass is 35.5. The van der Waals surface area contributed by atoms with Crippen molar-refractivity contribution in [1.29, 1.82) is 0 Å². The van der Waals surface area contributed by atoms with E-state index in [1.54, 1.807) is 12.3 Å². The number of alkyl halides is 1. The fraction of sp³-hybridized carbons (Fsp3) is 0.154. The molecule has 1 unspecified atom stereocenters. The van der Waals surface area contributed by atoms with Crippen LogP contribution in [0, 0.1) is 11.6 Å². The van der Waals surface area contributed by atoms with Gasteiger partial charge in [0, 0.05) is 12.4 Å². The van der Waals surface area contributed by atoms with E-state index in [-0.39, 0.29) is 0 Å². The number of rotatable bonds is 3. The van der Waals surface area contributed by atoms with Gasteiger partial charge in [-0.2, -0.15) is 0 Å². The van der Waals surface area contributed by atoms with Crippen LogP contribution in [-0.2, 0) is 6.42 Å². The Bertz CT molecular complexity index is 560. The Balaban J connectivity index is 2.19. The minimum atomic E-state index is -0.904. The fourth-order valence-electron chi connectivity index (χ4n) is 1.59. The van der Waals surface area contributed by atoms with Crippen molar-refractivity contribution in [2.24, 2.45) is 0 Å². The lowest BCUT2D eigenvalue weighted by molar-refractivity contribution is 0.507. The summed E-state index contributed by atoms with van der Waals surface area (Å²) in [7, 11) is 0. The zero-order valence-corrected chi connectivity index (χ0v) is 10.7. The smallest absolute Gasteiger partial charge is 0.159 e. The molecule has 1 nitrogen and oxygen atoms in total. The molecule has 94 valence electrons. The Morgan fingerprint density at radius 1 is 1.17 bits per heavy atom. The van der Waals surface area contributed by atoms with E-state index in [4.69, 9.17) is 23.2 Å². The van der Waals surface area contributed by atoms with Crippen molar-refractivity contribution < 1.29 is 8.78 Å². The second kappa shape index (κ2) is 5.63. The number of halogens is 4. The van der Waals surface area contributed by atoms with Gasteiger partial charge in [0.05, 0.1) is 10.4 Å². The van der Waals surface area contributed by atoms with Gasteiger partial charge in [-0.15, -0.1) is 11.6 Å². The summed E-state index contributed by atoms with van der Waals surface area (Å²) in [6, 6.07) is 5.37. The molecule has 0 aliphatic carbocycles. The first-order valence-corrected chi connectivity index (χ1v) is 6.07. The number of hydrogen-bond donors (Lipinski definition) is 0. The quantitative estimate of drug-likeness (QED) is 0.756. The highest BCUT2D eigenvalue weighted by Gasteiger charge is 2.13. The van der Waals surface area contributed by atoms with Gasteiger partial charge in [-0.25, -0.2) is 8.78 Å². The number of nitrogens with zero attached hydrogens (tertiary/aromatic N) is 1. The summed E-state index contributed by atoms with van der Waals surface area (Å²) >= 11 is 12.1. The molecular formula is C13H9Cl2F2N. The summed E-state index contributed by atoms with van der Waals surface area (Å²) in [6.07, 6.45) is 3.55. The molecule has 0 N–H and O–H groups in total. The second-order valence-electron chi connectivity index (χ2n) is 3.81. The first-order chi connectivity index (χ1) is 8.58. The Labute approximate surface area is 113 Å². The molecule has 5 heteroatoms. The predicted octanol–water partition coefficient (Wildman–Crippen LogP) is 4.54. The van der Waals surface area contributed by atoms with Gasteiger partial charge in [-0.3, -0.25) is 4.98 Å². The lowest BCUT2D eigenvalue weighted by Gasteiger charge is -2.11. The SMILES string of the molecule is Fc1ccc(C(Cl)Cc2ccncc2Cl)cc1F. The normalized spacial score (nSPS) is 12.4. The van der Waals surface area contributed by atoms with Gasteiger partial charge in [0.1, 0.15) is 0 Å². The van der Waals surface area contributed by atoms with Gasteiger partial charge in [0.2, 0.25) is 0 Å². The lowest BCUT2D eigenvalue weighted by Crippen LogP contribution is -1.98. The predicted molar refractivity (Wildman–Crippen MR) is 67.9 cm³/mol. The van der Waals surface area contributed by atoms with Crippen molar-refractivity contribution in [1.82, 2.24) is 4.98 Å².